The van der Waals surface area contributed by atoms with Crippen LogP contribution < -0.4 is 11.5 Å². The standard InChI is InChI=1S/C10H17N5OS/c1-6-2-3-7(9(11)16)4-15(6)5-8-13-14-10(12)17-8/h6-7H,2-5H2,1H3,(H2,11,16)(H2,12,14). The second-order valence-electron chi connectivity index (χ2n) is 4.49. The summed E-state index contributed by atoms with van der Waals surface area (Å²) < 4.78 is 0. The number of amides is 1. The summed E-state index contributed by atoms with van der Waals surface area (Å²) >= 11 is 1.39. The number of nitrogen functional groups attached to an aromatic ring is 1. The van der Waals surface area contributed by atoms with Crippen molar-refractivity contribution < 1.29 is 4.79 Å². The first kappa shape index (κ1) is 12.3. The molecule has 2 rings (SSSR count). The number of carbonyl (C=O) groups is 1. The Hall–Kier alpha value is -1.21. The fraction of sp³-hybridized carbons (Fsp3) is 0.700. The Morgan fingerprint density at radius 1 is 1.53 bits per heavy atom. The molecule has 0 spiro atoms. The molecule has 7 heteroatoms. The molecule has 0 radical (unpaired) electrons. The SMILES string of the molecule is CC1CCC(C(N)=O)CN1Cc1nnc(N)s1. The smallest absolute Gasteiger partial charge is 0.221 e. The number of piperidine rings is 1. The maximum atomic E-state index is 11.2. The molecule has 1 aliphatic heterocycles. The second kappa shape index (κ2) is 4.97. The first-order valence-corrected chi connectivity index (χ1v) is 6.49. The van der Waals surface area contributed by atoms with E-state index in [1.165, 1.54) is 11.3 Å². The van der Waals surface area contributed by atoms with Gasteiger partial charge in [-0.3, -0.25) is 9.69 Å². The van der Waals surface area contributed by atoms with Crippen molar-refractivity contribution in [2.24, 2.45) is 11.7 Å². The number of aromatic nitrogens is 2. The number of hydrogen-bond acceptors (Lipinski definition) is 6. The Morgan fingerprint density at radius 2 is 2.29 bits per heavy atom. The van der Waals surface area contributed by atoms with Gasteiger partial charge in [-0.25, -0.2) is 0 Å². The van der Waals surface area contributed by atoms with Crippen molar-refractivity contribution in [1.82, 2.24) is 15.1 Å². The average Bonchev–Trinajstić information content (AvgIpc) is 2.67. The van der Waals surface area contributed by atoms with E-state index in [1.807, 2.05) is 0 Å². The molecule has 2 atom stereocenters. The Kier molecular flexibility index (Phi) is 3.58. The maximum absolute atomic E-state index is 11.2. The van der Waals surface area contributed by atoms with Crippen LogP contribution in [0.5, 0.6) is 0 Å². The van der Waals surface area contributed by atoms with Gasteiger partial charge in [0.1, 0.15) is 5.01 Å². The lowest BCUT2D eigenvalue weighted by Gasteiger charge is -2.36. The molecule has 0 aliphatic carbocycles. The number of hydrogen-bond donors (Lipinski definition) is 2. The van der Waals surface area contributed by atoms with Crippen LogP contribution in [0.25, 0.3) is 0 Å². The summed E-state index contributed by atoms with van der Waals surface area (Å²) in [5.41, 5.74) is 10.9. The largest absolute Gasteiger partial charge is 0.374 e. The zero-order valence-corrected chi connectivity index (χ0v) is 10.6. The Bertz CT molecular complexity index is 407. The van der Waals surface area contributed by atoms with E-state index in [0.29, 0.717) is 24.3 Å². The van der Waals surface area contributed by atoms with Crippen molar-refractivity contribution in [2.75, 3.05) is 12.3 Å². The lowest BCUT2D eigenvalue weighted by molar-refractivity contribution is -0.124. The zero-order valence-electron chi connectivity index (χ0n) is 9.80. The van der Waals surface area contributed by atoms with Crippen LogP contribution >= 0.6 is 11.3 Å². The third-order valence-corrected chi connectivity index (χ3v) is 3.97. The van der Waals surface area contributed by atoms with Crippen LogP contribution in [0, 0.1) is 5.92 Å². The quantitative estimate of drug-likeness (QED) is 0.804. The van der Waals surface area contributed by atoms with Crippen LogP contribution in [0.2, 0.25) is 0 Å². The fourth-order valence-corrected chi connectivity index (χ4v) is 2.77. The second-order valence-corrected chi connectivity index (χ2v) is 5.58. The molecular weight excluding hydrogens is 238 g/mol. The molecule has 0 saturated carbocycles. The van der Waals surface area contributed by atoms with Crippen LogP contribution in [0.15, 0.2) is 0 Å². The summed E-state index contributed by atoms with van der Waals surface area (Å²) in [5.74, 6) is -0.254. The van der Waals surface area contributed by atoms with Crippen molar-refractivity contribution in [3.8, 4) is 0 Å². The molecule has 17 heavy (non-hydrogen) atoms. The Morgan fingerprint density at radius 3 is 2.88 bits per heavy atom. The van der Waals surface area contributed by atoms with E-state index in [-0.39, 0.29) is 11.8 Å². The normalized spacial score (nSPS) is 25.9. The van der Waals surface area contributed by atoms with E-state index in [1.54, 1.807) is 0 Å². The van der Waals surface area contributed by atoms with Crippen molar-refractivity contribution in [2.45, 2.75) is 32.4 Å². The van der Waals surface area contributed by atoms with Crippen molar-refractivity contribution in [1.29, 1.82) is 0 Å². The Labute approximate surface area is 104 Å². The summed E-state index contributed by atoms with van der Waals surface area (Å²) in [5, 5.41) is 9.16. The summed E-state index contributed by atoms with van der Waals surface area (Å²) in [6.45, 7) is 3.55. The molecule has 1 aromatic rings. The molecule has 1 aromatic heterocycles. The predicted octanol–water partition coefficient (Wildman–Crippen LogP) is 0.206. The highest BCUT2D eigenvalue weighted by Crippen LogP contribution is 2.24. The van der Waals surface area contributed by atoms with Crippen LogP contribution in [0.1, 0.15) is 24.8 Å². The molecular formula is C10H17N5OS. The molecule has 6 nitrogen and oxygen atoms in total. The van der Waals surface area contributed by atoms with Gasteiger partial charge >= 0.3 is 0 Å². The topological polar surface area (TPSA) is 98.1 Å². The monoisotopic (exact) mass is 255 g/mol. The first-order chi connectivity index (χ1) is 8.06. The maximum Gasteiger partial charge on any atom is 0.221 e. The van der Waals surface area contributed by atoms with Crippen molar-refractivity contribution in [3.05, 3.63) is 5.01 Å². The van der Waals surface area contributed by atoms with E-state index in [0.717, 1.165) is 17.8 Å². The highest BCUT2D eigenvalue weighted by atomic mass is 32.1. The van der Waals surface area contributed by atoms with Gasteiger partial charge in [-0.05, 0) is 19.8 Å². The molecule has 0 aromatic carbocycles. The minimum absolute atomic E-state index is 0.0449. The molecule has 0 bridgehead atoms. The lowest BCUT2D eigenvalue weighted by atomic mass is 9.93. The van der Waals surface area contributed by atoms with E-state index in [4.69, 9.17) is 11.5 Å². The van der Waals surface area contributed by atoms with Gasteiger partial charge in [0, 0.05) is 12.6 Å². The number of anilines is 1. The summed E-state index contributed by atoms with van der Waals surface area (Å²) in [4.78, 5) is 13.4. The number of likely N-dealkylation sites (tertiary alicyclic amines) is 1. The van der Waals surface area contributed by atoms with Crippen LogP contribution in [0.3, 0.4) is 0 Å². The van der Waals surface area contributed by atoms with E-state index in [2.05, 4.69) is 22.0 Å². The molecule has 1 saturated heterocycles. The van der Waals surface area contributed by atoms with E-state index in [9.17, 15) is 4.79 Å². The highest BCUT2D eigenvalue weighted by molar-refractivity contribution is 7.15. The molecule has 1 fully saturated rings. The van der Waals surface area contributed by atoms with Gasteiger partial charge in [-0.1, -0.05) is 11.3 Å². The third kappa shape index (κ3) is 2.92. The summed E-state index contributed by atoms with van der Waals surface area (Å²) in [6.07, 6.45) is 1.87. The van der Waals surface area contributed by atoms with Crippen LogP contribution in [-0.4, -0.2) is 33.6 Å². The number of carbonyl (C=O) groups excluding carboxylic acids is 1. The average molecular weight is 255 g/mol. The summed E-state index contributed by atoms with van der Waals surface area (Å²) in [6, 6.07) is 0.440. The predicted molar refractivity (Wildman–Crippen MR) is 66.1 cm³/mol. The van der Waals surface area contributed by atoms with Gasteiger partial charge in [-0.2, -0.15) is 0 Å². The van der Waals surface area contributed by atoms with Crippen molar-refractivity contribution >= 4 is 22.4 Å². The molecule has 4 N–H and O–H groups in total. The minimum atomic E-state index is -0.210. The van der Waals surface area contributed by atoms with Crippen molar-refractivity contribution in [3.63, 3.8) is 0 Å². The van der Waals surface area contributed by atoms with Crippen LogP contribution in [-0.2, 0) is 11.3 Å². The van der Waals surface area contributed by atoms with Gasteiger partial charge < -0.3 is 11.5 Å². The van der Waals surface area contributed by atoms with Gasteiger partial charge in [0.15, 0.2) is 0 Å². The molecule has 2 heterocycles. The van der Waals surface area contributed by atoms with E-state index < -0.39 is 0 Å². The van der Waals surface area contributed by atoms with Gasteiger partial charge in [-0.15, -0.1) is 10.2 Å². The number of rotatable bonds is 3. The Balaban J connectivity index is 2.00. The lowest BCUT2D eigenvalue weighted by Crippen LogP contribution is -2.45. The van der Waals surface area contributed by atoms with E-state index >= 15 is 0 Å². The number of nitrogens with two attached hydrogens (primary N) is 2. The fourth-order valence-electron chi connectivity index (χ4n) is 2.14. The summed E-state index contributed by atoms with van der Waals surface area (Å²) in [7, 11) is 0. The first-order valence-electron chi connectivity index (χ1n) is 5.67. The molecule has 1 amide bonds. The molecule has 94 valence electrons. The minimum Gasteiger partial charge on any atom is -0.374 e. The third-order valence-electron chi connectivity index (χ3n) is 3.23. The number of nitrogens with zero attached hydrogens (tertiary/aromatic N) is 3. The van der Waals surface area contributed by atoms with Crippen LogP contribution in [0.4, 0.5) is 5.13 Å². The number of primary amides is 1. The molecule has 2 unspecified atom stereocenters. The van der Waals surface area contributed by atoms with Gasteiger partial charge in [0.2, 0.25) is 11.0 Å². The molecule has 1 aliphatic rings. The highest BCUT2D eigenvalue weighted by Gasteiger charge is 2.29. The van der Waals surface area contributed by atoms with Gasteiger partial charge in [0.25, 0.3) is 0 Å². The zero-order chi connectivity index (χ0) is 12.4. The van der Waals surface area contributed by atoms with Gasteiger partial charge in [0.05, 0.1) is 12.5 Å².